The predicted octanol–water partition coefficient (Wildman–Crippen LogP) is 4.65. The fourth-order valence-electron chi connectivity index (χ4n) is 4.62. The molecule has 1 unspecified atom stereocenters. The number of nitrogens with two attached hydrogens (primary N) is 1. The van der Waals surface area contributed by atoms with Crippen LogP contribution in [0.1, 0.15) is 61.1 Å². The number of hydrogen-bond acceptors (Lipinski definition) is 8. The van der Waals surface area contributed by atoms with Crippen LogP contribution in [0.3, 0.4) is 0 Å². The molecule has 0 aliphatic carbocycles. The van der Waals surface area contributed by atoms with E-state index in [-0.39, 0.29) is 33.4 Å². The van der Waals surface area contributed by atoms with E-state index in [1.165, 1.54) is 24.9 Å². The predicted molar refractivity (Wildman–Crippen MR) is 135 cm³/mol. The van der Waals surface area contributed by atoms with Crippen LogP contribution >= 0.6 is 11.6 Å². The average molecular weight is 534 g/mol. The molecule has 4 atom stereocenters. The van der Waals surface area contributed by atoms with Crippen molar-refractivity contribution >= 4 is 46.6 Å². The van der Waals surface area contributed by atoms with Crippen molar-refractivity contribution in [1.82, 2.24) is 19.5 Å². The number of ether oxygens (including phenoxy) is 1. The highest BCUT2D eigenvalue weighted by Gasteiger charge is 2.52. The Hall–Kier alpha value is -1.16. The van der Waals surface area contributed by atoms with Gasteiger partial charge in [-0.05, 0) is 30.0 Å². The molecule has 3 rings (SSSR count). The van der Waals surface area contributed by atoms with E-state index in [4.69, 9.17) is 35.0 Å². The maximum Gasteiger partial charge on any atom is 0.334 e. The van der Waals surface area contributed by atoms with E-state index in [0.717, 1.165) is 0 Å². The molecule has 1 aliphatic rings. The van der Waals surface area contributed by atoms with Gasteiger partial charge in [0.25, 0.3) is 0 Å². The number of rotatable bonds is 7. The minimum atomic E-state index is -2.55. The first-order valence-electron chi connectivity index (χ1n) is 11.7. The minimum absolute atomic E-state index is 0.0328. The summed E-state index contributed by atoms with van der Waals surface area (Å²) in [7, 11) is -3.43. The molecule has 2 aromatic rings. The maximum atomic E-state index is 16.7. The highest BCUT2D eigenvalue weighted by molar-refractivity contribution is 6.76. The Bertz CT molecular complexity index is 985. The van der Waals surface area contributed by atoms with Crippen LogP contribution in [-0.4, -0.2) is 62.9 Å². The molecule has 3 heterocycles. The number of methoxy groups -OCH3 is 1. The van der Waals surface area contributed by atoms with Crippen molar-refractivity contribution < 1.29 is 22.1 Å². The van der Waals surface area contributed by atoms with Crippen LogP contribution in [0, 0.1) is 0 Å². The third kappa shape index (κ3) is 5.04. The highest BCUT2D eigenvalue weighted by atomic mass is 35.5. The average Bonchev–Trinajstić information content (AvgIpc) is 3.11. The van der Waals surface area contributed by atoms with Gasteiger partial charge in [-0.15, -0.1) is 0 Å². The lowest BCUT2D eigenvalue weighted by atomic mass is 9.96. The number of hydrogen-bond donors (Lipinski definition) is 1. The van der Waals surface area contributed by atoms with Gasteiger partial charge in [0.1, 0.15) is 5.52 Å². The second-order valence-electron chi connectivity index (χ2n) is 9.96. The fourth-order valence-corrected chi connectivity index (χ4v) is 13.5. The fraction of sp³-hybridized carbons (Fsp3) is 0.762. The summed E-state index contributed by atoms with van der Waals surface area (Å²) in [6.07, 6.45) is -0.133. The highest BCUT2D eigenvalue weighted by Crippen LogP contribution is 2.42. The Kier molecular flexibility index (Phi) is 8.43. The van der Waals surface area contributed by atoms with Crippen LogP contribution in [0.2, 0.25) is 21.8 Å². The molecule has 0 aromatic carbocycles. The van der Waals surface area contributed by atoms with Crippen molar-refractivity contribution in [3.8, 4) is 0 Å². The molecule has 13 heteroatoms. The third-order valence-corrected chi connectivity index (χ3v) is 14.7. The van der Waals surface area contributed by atoms with Crippen molar-refractivity contribution in [2.45, 2.75) is 89.5 Å². The van der Waals surface area contributed by atoms with Gasteiger partial charge < -0.3 is 23.4 Å². The molecular formula is C21H37ClFN5O4Si2. The van der Waals surface area contributed by atoms with Crippen molar-refractivity contribution in [3.05, 3.63) is 11.5 Å². The number of aromatic nitrogens is 4. The monoisotopic (exact) mass is 533 g/mol. The summed E-state index contributed by atoms with van der Waals surface area (Å²) in [4.78, 5) is 12.4. The van der Waals surface area contributed by atoms with E-state index in [1.54, 1.807) is 0 Å². The molecule has 0 spiro atoms. The quantitative estimate of drug-likeness (QED) is 0.405. The Morgan fingerprint density at radius 1 is 1.26 bits per heavy atom. The van der Waals surface area contributed by atoms with Gasteiger partial charge in [0.2, 0.25) is 5.95 Å². The summed E-state index contributed by atoms with van der Waals surface area (Å²) in [6, 6.07) is 0. The van der Waals surface area contributed by atoms with E-state index in [9.17, 15) is 0 Å². The van der Waals surface area contributed by atoms with Crippen molar-refractivity contribution in [2.75, 3.05) is 19.5 Å². The summed E-state index contributed by atoms with van der Waals surface area (Å²) in [5, 5.41) is 0.0941. The molecule has 2 N–H and O–H groups in total. The third-order valence-electron chi connectivity index (χ3n) is 6.44. The first kappa shape index (κ1) is 27.4. The SMILES string of the molecule is CO[C@@H](n1cnc2c(Cl)nc(N)nc21)[C@](C)(F)[C@H]1CCO[Si](C(C)C)(C(C)C)O[SiH](C(C)C)O1. The number of nitrogens with zero attached hydrogens (tertiary/aromatic N) is 4. The molecule has 0 bridgehead atoms. The zero-order chi connectivity index (χ0) is 25.4. The Balaban J connectivity index is 1.97. The Morgan fingerprint density at radius 2 is 1.91 bits per heavy atom. The van der Waals surface area contributed by atoms with Crippen LogP contribution in [0.5, 0.6) is 0 Å². The molecule has 9 nitrogen and oxygen atoms in total. The van der Waals surface area contributed by atoms with Crippen LogP contribution in [0.15, 0.2) is 6.33 Å². The number of halogens is 2. The number of fused-ring (bicyclic) bond motifs is 1. The van der Waals surface area contributed by atoms with E-state index in [0.29, 0.717) is 18.5 Å². The van der Waals surface area contributed by atoms with Crippen molar-refractivity contribution in [2.24, 2.45) is 0 Å². The number of imidazole rings is 1. The van der Waals surface area contributed by atoms with Crippen LogP contribution in [-0.2, 0) is 17.7 Å². The van der Waals surface area contributed by atoms with Gasteiger partial charge in [-0.1, -0.05) is 53.1 Å². The maximum absolute atomic E-state index is 16.7. The number of nitrogen functional groups attached to an aromatic ring is 1. The second kappa shape index (κ2) is 10.4. The number of anilines is 1. The molecule has 192 valence electrons. The Labute approximate surface area is 208 Å². The van der Waals surface area contributed by atoms with Crippen LogP contribution in [0.4, 0.5) is 10.3 Å². The normalized spacial score (nSPS) is 24.4. The first-order valence-corrected chi connectivity index (χ1v) is 15.6. The topological polar surface area (TPSA) is 107 Å². The molecule has 0 saturated carbocycles. The molecule has 2 aromatic heterocycles. The molecule has 0 radical (unpaired) electrons. The lowest BCUT2D eigenvalue weighted by molar-refractivity contribution is -0.133. The minimum Gasteiger partial charge on any atom is -0.416 e. The molecule has 1 aliphatic heterocycles. The van der Waals surface area contributed by atoms with E-state index in [1.807, 2.05) is 0 Å². The summed E-state index contributed by atoms with van der Waals surface area (Å²) in [6.45, 7) is 14.5. The van der Waals surface area contributed by atoms with Crippen LogP contribution in [0.25, 0.3) is 11.2 Å². The summed E-state index contributed by atoms with van der Waals surface area (Å²) >= 11 is 6.17. The van der Waals surface area contributed by atoms with Gasteiger partial charge in [-0.25, -0.2) is 9.37 Å². The Morgan fingerprint density at radius 3 is 2.47 bits per heavy atom. The van der Waals surface area contributed by atoms with Gasteiger partial charge in [0.15, 0.2) is 22.7 Å². The van der Waals surface area contributed by atoms with E-state index in [2.05, 4.69) is 56.5 Å². The van der Waals surface area contributed by atoms with Crippen molar-refractivity contribution in [1.29, 1.82) is 0 Å². The standard InChI is InChI=1S/C21H37ClFN5O4Si2/c1-12(2)33-31-15(9-10-30-34(32-33,13(3)4)14(5)6)21(7,23)19(29-8)28-11-25-16-17(22)26-20(24)27-18(16)28/h11-15,19,33H,9-10H2,1-8H3,(H2,24,26,27)/t15-,19-,21-,33?/m1/s1. The smallest absolute Gasteiger partial charge is 0.334 e. The lowest BCUT2D eigenvalue weighted by Crippen LogP contribution is -2.58. The summed E-state index contributed by atoms with van der Waals surface area (Å²) in [5.41, 5.74) is 5.04. The van der Waals surface area contributed by atoms with E-state index < -0.39 is 35.8 Å². The number of alkyl halides is 1. The molecule has 1 fully saturated rings. The molecular weight excluding hydrogens is 497 g/mol. The molecule has 1 saturated heterocycles. The second-order valence-corrected chi connectivity index (χ2v) is 17.6. The zero-order valence-electron chi connectivity index (χ0n) is 21.2. The lowest BCUT2D eigenvalue weighted by Gasteiger charge is -2.46. The van der Waals surface area contributed by atoms with Gasteiger partial charge >= 0.3 is 17.8 Å². The van der Waals surface area contributed by atoms with Gasteiger partial charge in [-0.2, -0.15) is 9.97 Å². The zero-order valence-corrected chi connectivity index (χ0v) is 24.1. The van der Waals surface area contributed by atoms with Gasteiger partial charge in [0, 0.05) is 13.7 Å². The molecule has 34 heavy (non-hydrogen) atoms. The van der Waals surface area contributed by atoms with Crippen molar-refractivity contribution in [3.63, 3.8) is 0 Å². The van der Waals surface area contributed by atoms with E-state index >= 15 is 4.39 Å². The summed E-state index contributed by atoms with van der Waals surface area (Å²) in [5.74, 6) is -0.0328. The van der Waals surface area contributed by atoms with Gasteiger partial charge in [-0.3, -0.25) is 4.57 Å². The first-order chi connectivity index (χ1) is 15.8. The largest absolute Gasteiger partial charge is 0.416 e. The molecule has 0 amide bonds. The van der Waals surface area contributed by atoms with Gasteiger partial charge in [0.05, 0.1) is 12.4 Å². The van der Waals surface area contributed by atoms with Crippen LogP contribution < -0.4 is 5.73 Å². The summed E-state index contributed by atoms with van der Waals surface area (Å²) < 4.78 is 43.6.